The molecule has 5 heteroatoms. The average Bonchev–Trinajstić information content (AvgIpc) is 2.18. The molecule has 0 spiro atoms. The summed E-state index contributed by atoms with van der Waals surface area (Å²) in [5, 5.41) is 28.2. The molecule has 3 unspecified atom stereocenters. The standard InChI is InChI=1S/C10H18O5/c1-10-3-6(12)5-14-9(10)2-7(13)8(4-11)15-10/h6-9,11-13H,2-5H2,1H3/t6?,7?,8?,9-,10-/m0/s1. The van der Waals surface area contributed by atoms with Gasteiger partial charge < -0.3 is 24.8 Å². The van der Waals surface area contributed by atoms with Crippen molar-refractivity contribution in [1.29, 1.82) is 0 Å². The largest absolute Gasteiger partial charge is 0.394 e. The molecule has 5 nitrogen and oxygen atoms in total. The van der Waals surface area contributed by atoms with Crippen LogP contribution >= 0.6 is 0 Å². The highest BCUT2D eigenvalue weighted by Crippen LogP contribution is 2.37. The van der Waals surface area contributed by atoms with E-state index < -0.39 is 23.9 Å². The van der Waals surface area contributed by atoms with Crippen molar-refractivity contribution in [2.24, 2.45) is 0 Å². The third kappa shape index (κ3) is 2.03. The molecular formula is C10H18O5. The van der Waals surface area contributed by atoms with E-state index in [1.807, 2.05) is 6.92 Å². The minimum absolute atomic E-state index is 0.196. The van der Waals surface area contributed by atoms with Crippen LogP contribution in [0, 0.1) is 0 Å². The molecular weight excluding hydrogens is 200 g/mol. The summed E-state index contributed by atoms with van der Waals surface area (Å²) in [7, 11) is 0. The van der Waals surface area contributed by atoms with Gasteiger partial charge in [-0.1, -0.05) is 0 Å². The molecule has 88 valence electrons. The first-order valence-corrected chi connectivity index (χ1v) is 5.31. The van der Waals surface area contributed by atoms with E-state index in [9.17, 15) is 10.2 Å². The summed E-state index contributed by atoms with van der Waals surface area (Å²) in [5.41, 5.74) is -0.593. The van der Waals surface area contributed by atoms with Gasteiger partial charge in [0.05, 0.1) is 37.1 Å². The SMILES string of the molecule is C[C@]12CC(O)CO[C@H]1CC(O)C(CO)O2. The van der Waals surface area contributed by atoms with Crippen molar-refractivity contribution < 1.29 is 24.8 Å². The smallest absolute Gasteiger partial charge is 0.107 e. The number of fused-ring (bicyclic) bond motifs is 1. The van der Waals surface area contributed by atoms with Crippen LogP contribution in [0.15, 0.2) is 0 Å². The minimum atomic E-state index is -0.691. The van der Waals surface area contributed by atoms with Gasteiger partial charge in [0.15, 0.2) is 0 Å². The van der Waals surface area contributed by atoms with Gasteiger partial charge in [-0.2, -0.15) is 0 Å². The maximum absolute atomic E-state index is 9.66. The molecule has 0 aromatic heterocycles. The van der Waals surface area contributed by atoms with Crippen molar-refractivity contribution in [3.63, 3.8) is 0 Å². The number of hydrogen-bond donors (Lipinski definition) is 3. The Hall–Kier alpha value is -0.200. The molecule has 15 heavy (non-hydrogen) atoms. The van der Waals surface area contributed by atoms with E-state index in [1.54, 1.807) is 0 Å². The molecule has 0 bridgehead atoms. The van der Waals surface area contributed by atoms with Crippen LogP contribution in [0.4, 0.5) is 0 Å². The molecule has 2 rings (SSSR count). The van der Waals surface area contributed by atoms with E-state index in [4.69, 9.17) is 14.6 Å². The predicted molar refractivity (Wildman–Crippen MR) is 51.4 cm³/mol. The summed E-state index contributed by atoms with van der Waals surface area (Å²) in [4.78, 5) is 0. The molecule has 5 atom stereocenters. The van der Waals surface area contributed by atoms with Crippen LogP contribution in [0.25, 0.3) is 0 Å². The van der Waals surface area contributed by atoms with Gasteiger partial charge in [-0.25, -0.2) is 0 Å². The van der Waals surface area contributed by atoms with Gasteiger partial charge in [0.25, 0.3) is 0 Å². The van der Waals surface area contributed by atoms with E-state index in [0.717, 1.165) is 0 Å². The first-order chi connectivity index (χ1) is 7.05. The van der Waals surface area contributed by atoms with Gasteiger partial charge in [-0.3, -0.25) is 0 Å². The lowest BCUT2D eigenvalue weighted by molar-refractivity contribution is -0.271. The molecule has 2 heterocycles. The summed E-state index contributed by atoms with van der Waals surface area (Å²) in [6, 6.07) is 0. The lowest BCUT2D eigenvalue weighted by Crippen LogP contribution is -2.60. The Labute approximate surface area is 88.6 Å². The van der Waals surface area contributed by atoms with Crippen molar-refractivity contribution in [2.45, 2.75) is 49.8 Å². The Morgan fingerprint density at radius 2 is 2.13 bits per heavy atom. The van der Waals surface area contributed by atoms with Crippen molar-refractivity contribution in [3.05, 3.63) is 0 Å². The van der Waals surface area contributed by atoms with Crippen LogP contribution in [0.3, 0.4) is 0 Å². The van der Waals surface area contributed by atoms with E-state index in [2.05, 4.69) is 0 Å². The lowest BCUT2D eigenvalue weighted by Gasteiger charge is -2.49. The van der Waals surface area contributed by atoms with Crippen LogP contribution in [-0.2, 0) is 9.47 Å². The zero-order valence-electron chi connectivity index (χ0n) is 8.80. The van der Waals surface area contributed by atoms with Gasteiger partial charge >= 0.3 is 0 Å². The highest BCUT2D eigenvalue weighted by Gasteiger charge is 2.49. The first kappa shape index (κ1) is 11.3. The minimum Gasteiger partial charge on any atom is -0.394 e. The monoisotopic (exact) mass is 218 g/mol. The van der Waals surface area contributed by atoms with E-state index in [0.29, 0.717) is 19.4 Å². The Kier molecular flexibility index (Phi) is 3.00. The van der Waals surface area contributed by atoms with E-state index >= 15 is 0 Å². The fraction of sp³-hybridized carbons (Fsp3) is 1.00. The van der Waals surface area contributed by atoms with E-state index in [-0.39, 0.29) is 12.7 Å². The second-order valence-corrected chi connectivity index (χ2v) is 4.63. The number of hydrogen-bond acceptors (Lipinski definition) is 5. The van der Waals surface area contributed by atoms with Crippen LogP contribution in [0.5, 0.6) is 0 Å². The van der Waals surface area contributed by atoms with Crippen LogP contribution < -0.4 is 0 Å². The maximum Gasteiger partial charge on any atom is 0.107 e. The zero-order chi connectivity index (χ0) is 11.1. The zero-order valence-corrected chi connectivity index (χ0v) is 8.80. The highest BCUT2D eigenvalue weighted by atomic mass is 16.6. The summed E-state index contributed by atoms with van der Waals surface area (Å²) in [6.45, 7) is 1.94. The van der Waals surface area contributed by atoms with Gasteiger partial charge in [0.2, 0.25) is 0 Å². The topological polar surface area (TPSA) is 79.2 Å². The fourth-order valence-corrected chi connectivity index (χ4v) is 2.46. The second kappa shape index (κ2) is 3.99. The predicted octanol–water partition coefficient (Wildman–Crippen LogP) is -0.963. The Morgan fingerprint density at radius 3 is 2.80 bits per heavy atom. The summed E-state index contributed by atoms with van der Waals surface area (Å²) < 4.78 is 11.1. The second-order valence-electron chi connectivity index (χ2n) is 4.63. The Morgan fingerprint density at radius 1 is 1.40 bits per heavy atom. The maximum atomic E-state index is 9.66. The fourth-order valence-electron chi connectivity index (χ4n) is 2.46. The summed E-state index contributed by atoms with van der Waals surface area (Å²) in [6.07, 6.45) is -1.04. The van der Waals surface area contributed by atoms with Crippen LogP contribution in [0.1, 0.15) is 19.8 Å². The van der Waals surface area contributed by atoms with Crippen molar-refractivity contribution in [1.82, 2.24) is 0 Å². The quantitative estimate of drug-likeness (QED) is 0.528. The van der Waals surface area contributed by atoms with Gasteiger partial charge in [0.1, 0.15) is 6.10 Å². The van der Waals surface area contributed by atoms with Crippen molar-refractivity contribution in [3.8, 4) is 0 Å². The van der Waals surface area contributed by atoms with E-state index in [1.165, 1.54) is 0 Å². The number of aliphatic hydroxyl groups excluding tert-OH is 3. The molecule has 3 N–H and O–H groups in total. The third-order valence-corrected chi connectivity index (χ3v) is 3.30. The Bertz CT molecular complexity index is 234. The summed E-state index contributed by atoms with van der Waals surface area (Å²) >= 11 is 0. The third-order valence-electron chi connectivity index (χ3n) is 3.30. The molecule has 2 fully saturated rings. The highest BCUT2D eigenvalue weighted by molar-refractivity contribution is 4.98. The van der Waals surface area contributed by atoms with Crippen molar-refractivity contribution in [2.75, 3.05) is 13.2 Å². The van der Waals surface area contributed by atoms with Gasteiger partial charge in [-0.05, 0) is 6.92 Å². The lowest BCUT2D eigenvalue weighted by atomic mass is 9.82. The Balaban J connectivity index is 2.10. The normalized spacial score (nSPS) is 51.2. The molecule has 0 saturated carbocycles. The molecule has 2 aliphatic rings. The summed E-state index contributed by atoms with van der Waals surface area (Å²) in [5.74, 6) is 0. The number of aliphatic hydroxyl groups is 3. The average molecular weight is 218 g/mol. The molecule has 0 aliphatic carbocycles. The van der Waals surface area contributed by atoms with Gasteiger partial charge in [-0.15, -0.1) is 0 Å². The first-order valence-electron chi connectivity index (χ1n) is 5.31. The van der Waals surface area contributed by atoms with Gasteiger partial charge in [0, 0.05) is 12.8 Å². The van der Waals surface area contributed by atoms with Crippen LogP contribution in [0.2, 0.25) is 0 Å². The molecule has 0 aromatic rings. The molecule has 2 saturated heterocycles. The molecule has 0 aromatic carbocycles. The van der Waals surface area contributed by atoms with Crippen LogP contribution in [-0.4, -0.2) is 58.6 Å². The molecule has 2 aliphatic heterocycles. The molecule has 0 amide bonds. The number of rotatable bonds is 1. The van der Waals surface area contributed by atoms with Crippen molar-refractivity contribution >= 4 is 0 Å². The molecule has 0 radical (unpaired) electrons. The number of ether oxygens (including phenoxy) is 2.